The lowest BCUT2D eigenvalue weighted by molar-refractivity contribution is -0.131. The van der Waals surface area contributed by atoms with Crippen LogP contribution in [0.15, 0.2) is 30.3 Å². The molecule has 1 atom stereocenters. The van der Waals surface area contributed by atoms with Gasteiger partial charge in [-0.05, 0) is 17.9 Å². The summed E-state index contributed by atoms with van der Waals surface area (Å²) in [6.45, 7) is 3.95. The quantitative estimate of drug-likeness (QED) is 0.548. The highest BCUT2D eigenvalue weighted by Gasteiger charge is 2.22. The van der Waals surface area contributed by atoms with Crippen molar-refractivity contribution in [1.82, 2.24) is 10.8 Å². The second-order valence-electron chi connectivity index (χ2n) is 4.86. The number of carbonyl (C=O) groups is 2. The first-order chi connectivity index (χ1) is 9.52. The van der Waals surface area contributed by atoms with E-state index >= 15 is 0 Å². The number of benzene rings is 1. The maximum atomic E-state index is 11.6. The molecule has 0 spiro atoms. The monoisotopic (exact) mass is 280 g/mol. The summed E-state index contributed by atoms with van der Waals surface area (Å²) in [5.74, 6) is -0.470. The second kappa shape index (κ2) is 8.16. The van der Waals surface area contributed by atoms with Crippen LogP contribution in [0.4, 0.5) is 4.79 Å². The molecule has 0 heterocycles. The number of carbonyl (C=O) groups excluding carboxylic acids is 2. The van der Waals surface area contributed by atoms with E-state index in [1.54, 1.807) is 5.48 Å². The number of nitrogens with one attached hydrogen (secondary N) is 2. The summed E-state index contributed by atoms with van der Waals surface area (Å²) in [5.41, 5.74) is 2.40. The van der Waals surface area contributed by atoms with E-state index in [-0.39, 0.29) is 12.5 Å². The van der Waals surface area contributed by atoms with Crippen LogP contribution in [0.25, 0.3) is 0 Å². The normalized spacial score (nSPS) is 11.8. The molecule has 6 heteroatoms. The maximum absolute atomic E-state index is 11.6. The third kappa shape index (κ3) is 5.71. The molecule has 0 saturated heterocycles. The fourth-order valence-corrected chi connectivity index (χ4v) is 1.69. The van der Waals surface area contributed by atoms with Gasteiger partial charge in [-0.1, -0.05) is 44.2 Å². The molecule has 0 aliphatic heterocycles. The first kappa shape index (κ1) is 16.0. The molecule has 110 valence electrons. The molecule has 6 nitrogen and oxygen atoms in total. The molecule has 0 aliphatic rings. The van der Waals surface area contributed by atoms with Gasteiger partial charge in [0.25, 0.3) is 5.91 Å². The van der Waals surface area contributed by atoms with Crippen molar-refractivity contribution in [3.8, 4) is 0 Å². The van der Waals surface area contributed by atoms with Crippen molar-refractivity contribution in [1.29, 1.82) is 0 Å². The van der Waals surface area contributed by atoms with Gasteiger partial charge in [-0.25, -0.2) is 10.3 Å². The molecule has 0 saturated carbocycles. The lowest BCUT2D eigenvalue weighted by Crippen LogP contribution is -2.46. The van der Waals surface area contributed by atoms with Crippen molar-refractivity contribution in [2.45, 2.75) is 32.9 Å². The molecule has 20 heavy (non-hydrogen) atoms. The molecule has 0 aliphatic carbocycles. The Labute approximate surface area is 118 Å². The molecule has 0 aromatic heterocycles. The van der Waals surface area contributed by atoms with Crippen molar-refractivity contribution < 1.29 is 19.5 Å². The average molecular weight is 280 g/mol. The predicted octanol–water partition coefficient (Wildman–Crippen LogP) is 1.83. The van der Waals surface area contributed by atoms with Crippen LogP contribution < -0.4 is 10.8 Å². The van der Waals surface area contributed by atoms with Crippen LogP contribution in [0, 0.1) is 5.92 Å². The highest BCUT2D eigenvalue weighted by Crippen LogP contribution is 2.06. The third-order valence-electron chi connectivity index (χ3n) is 2.64. The van der Waals surface area contributed by atoms with Crippen LogP contribution in [0.3, 0.4) is 0 Å². The topological polar surface area (TPSA) is 87.7 Å². The standard InChI is InChI=1S/C14H20N2O4/c1-10(2)8-12(13(17)16-19)15-14(18)20-9-11-6-4-3-5-7-11/h3-7,10,12,19H,8-9H2,1-2H3,(H,15,18)(H,16,17)/t12-/m0/s1. The molecule has 0 radical (unpaired) electrons. The Hall–Kier alpha value is -2.08. The molecule has 0 fully saturated rings. The van der Waals surface area contributed by atoms with Gasteiger partial charge >= 0.3 is 6.09 Å². The zero-order valence-corrected chi connectivity index (χ0v) is 11.6. The number of amides is 2. The maximum Gasteiger partial charge on any atom is 0.408 e. The fraction of sp³-hybridized carbons (Fsp3) is 0.429. The van der Waals surface area contributed by atoms with E-state index in [4.69, 9.17) is 9.94 Å². The van der Waals surface area contributed by atoms with Gasteiger partial charge in [0.05, 0.1) is 0 Å². The van der Waals surface area contributed by atoms with Crippen molar-refractivity contribution in [3.05, 3.63) is 35.9 Å². The number of hydrogen-bond acceptors (Lipinski definition) is 4. The first-order valence-corrected chi connectivity index (χ1v) is 6.44. The summed E-state index contributed by atoms with van der Waals surface area (Å²) in [5, 5.41) is 11.1. The minimum atomic E-state index is -0.816. The van der Waals surface area contributed by atoms with Crippen molar-refractivity contribution in [2.24, 2.45) is 5.92 Å². The van der Waals surface area contributed by atoms with Crippen LogP contribution in [-0.4, -0.2) is 23.2 Å². The lowest BCUT2D eigenvalue weighted by Gasteiger charge is -2.18. The molecule has 3 N–H and O–H groups in total. The Morgan fingerprint density at radius 1 is 1.25 bits per heavy atom. The largest absolute Gasteiger partial charge is 0.445 e. The summed E-state index contributed by atoms with van der Waals surface area (Å²) in [6, 6.07) is 8.41. The lowest BCUT2D eigenvalue weighted by atomic mass is 10.0. The number of hydrogen-bond donors (Lipinski definition) is 3. The summed E-state index contributed by atoms with van der Waals surface area (Å²) in [6.07, 6.45) is -0.282. The van der Waals surface area contributed by atoms with E-state index < -0.39 is 18.0 Å². The van der Waals surface area contributed by atoms with E-state index in [0.717, 1.165) is 5.56 Å². The fourth-order valence-electron chi connectivity index (χ4n) is 1.69. The van der Waals surface area contributed by atoms with Crippen LogP contribution in [-0.2, 0) is 16.1 Å². The van der Waals surface area contributed by atoms with Gasteiger partial charge in [0.15, 0.2) is 0 Å². The Morgan fingerprint density at radius 2 is 1.90 bits per heavy atom. The number of alkyl carbamates (subject to hydrolysis) is 1. The van der Waals surface area contributed by atoms with Gasteiger partial charge in [-0.15, -0.1) is 0 Å². The number of hydroxylamine groups is 1. The van der Waals surface area contributed by atoms with E-state index in [2.05, 4.69) is 5.32 Å². The second-order valence-corrected chi connectivity index (χ2v) is 4.86. The molecule has 1 rings (SSSR count). The minimum absolute atomic E-state index is 0.127. The Bertz CT molecular complexity index is 434. The van der Waals surface area contributed by atoms with E-state index in [1.165, 1.54) is 0 Å². The van der Waals surface area contributed by atoms with Gasteiger partial charge in [0, 0.05) is 0 Å². The van der Waals surface area contributed by atoms with Crippen LogP contribution in [0.5, 0.6) is 0 Å². The Balaban J connectivity index is 2.47. The molecule has 0 bridgehead atoms. The molecule has 2 amide bonds. The van der Waals surface area contributed by atoms with E-state index in [1.807, 2.05) is 44.2 Å². The highest BCUT2D eigenvalue weighted by molar-refractivity contribution is 5.84. The smallest absolute Gasteiger partial charge is 0.408 e. The van der Waals surface area contributed by atoms with Crippen LogP contribution >= 0.6 is 0 Å². The zero-order valence-electron chi connectivity index (χ0n) is 11.6. The predicted molar refractivity (Wildman–Crippen MR) is 72.9 cm³/mol. The molecule has 1 aromatic carbocycles. The van der Waals surface area contributed by atoms with Crippen molar-refractivity contribution >= 4 is 12.0 Å². The van der Waals surface area contributed by atoms with E-state index in [9.17, 15) is 9.59 Å². The Kier molecular flexibility index (Phi) is 6.52. The zero-order chi connectivity index (χ0) is 15.0. The van der Waals surface area contributed by atoms with E-state index in [0.29, 0.717) is 6.42 Å². The van der Waals surface area contributed by atoms with Gasteiger partial charge in [-0.2, -0.15) is 0 Å². The minimum Gasteiger partial charge on any atom is -0.445 e. The summed E-state index contributed by atoms with van der Waals surface area (Å²) in [4.78, 5) is 23.1. The summed E-state index contributed by atoms with van der Waals surface area (Å²) < 4.78 is 5.02. The van der Waals surface area contributed by atoms with Crippen LogP contribution in [0.2, 0.25) is 0 Å². The van der Waals surface area contributed by atoms with Crippen molar-refractivity contribution in [3.63, 3.8) is 0 Å². The first-order valence-electron chi connectivity index (χ1n) is 6.44. The van der Waals surface area contributed by atoms with Gasteiger partial charge < -0.3 is 10.1 Å². The third-order valence-corrected chi connectivity index (χ3v) is 2.64. The Morgan fingerprint density at radius 3 is 2.45 bits per heavy atom. The SMILES string of the molecule is CC(C)C[C@H](NC(=O)OCc1ccccc1)C(=O)NO. The molecule has 1 aromatic rings. The van der Waals surface area contributed by atoms with Gasteiger partial charge in [0.2, 0.25) is 0 Å². The number of ether oxygens (including phenoxy) is 1. The molecular weight excluding hydrogens is 260 g/mol. The molecular formula is C14H20N2O4. The van der Waals surface area contributed by atoms with Gasteiger partial charge in [0.1, 0.15) is 12.6 Å². The number of rotatable bonds is 6. The van der Waals surface area contributed by atoms with Gasteiger partial charge in [-0.3, -0.25) is 10.0 Å². The summed E-state index contributed by atoms with van der Waals surface area (Å²) >= 11 is 0. The summed E-state index contributed by atoms with van der Waals surface area (Å²) in [7, 11) is 0. The highest BCUT2D eigenvalue weighted by atomic mass is 16.5. The molecule has 0 unspecified atom stereocenters. The van der Waals surface area contributed by atoms with Crippen molar-refractivity contribution in [2.75, 3.05) is 0 Å². The van der Waals surface area contributed by atoms with Crippen LogP contribution in [0.1, 0.15) is 25.8 Å². The average Bonchev–Trinajstić information content (AvgIpc) is 2.44.